The fourth-order valence-corrected chi connectivity index (χ4v) is 2.27. The van der Waals surface area contributed by atoms with Gasteiger partial charge in [0.25, 0.3) is 5.91 Å². The van der Waals surface area contributed by atoms with E-state index in [2.05, 4.69) is 33.9 Å². The molecule has 0 spiro atoms. The summed E-state index contributed by atoms with van der Waals surface area (Å²) >= 11 is 7.53. The lowest BCUT2D eigenvalue weighted by atomic mass is 10.1. The Hall–Kier alpha value is -1.33. The van der Waals surface area contributed by atoms with Crippen LogP contribution in [0.5, 0.6) is 0 Å². The normalized spacial score (nSPS) is 10.3. The number of carbonyl (C=O) groups is 1. The van der Waals surface area contributed by atoms with Gasteiger partial charge in [-0.25, -0.2) is 4.39 Å². The van der Waals surface area contributed by atoms with Crippen molar-refractivity contribution in [1.29, 1.82) is 0 Å². The smallest absolute Gasteiger partial charge is 0.256 e. The molecule has 98 valence electrons. The van der Waals surface area contributed by atoms with Crippen molar-refractivity contribution in [1.82, 2.24) is 0 Å². The molecule has 1 N–H and O–H groups in total. The van der Waals surface area contributed by atoms with E-state index in [0.717, 1.165) is 0 Å². The number of rotatable bonds is 2. The second kappa shape index (κ2) is 5.75. The number of aryl methyl sites for hydroxylation is 1. The topological polar surface area (TPSA) is 29.1 Å². The average Bonchev–Trinajstić information content (AvgIpc) is 2.35. The molecule has 0 aromatic heterocycles. The predicted molar refractivity (Wildman–Crippen MR) is 80.5 cm³/mol. The van der Waals surface area contributed by atoms with Crippen molar-refractivity contribution in [3.8, 4) is 0 Å². The van der Waals surface area contributed by atoms with Gasteiger partial charge in [-0.2, -0.15) is 0 Å². The summed E-state index contributed by atoms with van der Waals surface area (Å²) in [5.41, 5.74) is 1.74. The number of hydrogen-bond acceptors (Lipinski definition) is 2. The van der Waals surface area contributed by atoms with Crippen molar-refractivity contribution in [2.45, 2.75) is 11.8 Å². The molecule has 2 nitrogen and oxygen atoms in total. The summed E-state index contributed by atoms with van der Waals surface area (Å²) in [4.78, 5) is 12.9. The highest BCUT2D eigenvalue weighted by atomic mass is 79.9. The molecule has 2 aromatic carbocycles. The first-order valence-electron chi connectivity index (χ1n) is 5.53. The molecule has 2 aromatic rings. The molecule has 0 saturated heterocycles. The van der Waals surface area contributed by atoms with Gasteiger partial charge in [-0.15, -0.1) is 12.6 Å². The van der Waals surface area contributed by atoms with Crippen LogP contribution in [0.2, 0.25) is 0 Å². The highest BCUT2D eigenvalue weighted by molar-refractivity contribution is 9.10. The number of hydrogen-bond donors (Lipinski definition) is 2. The van der Waals surface area contributed by atoms with Crippen molar-refractivity contribution in [3.05, 3.63) is 57.8 Å². The molecule has 0 radical (unpaired) electrons. The van der Waals surface area contributed by atoms with E-state index in [1.165, 1.54) is 12.1 Å². The summed E-state index contributed by atoms with van der Waals surface area (Å²) in [5.74, 6) is -0.591. The molecule has 2 rings (SSSR count). The number of carbonyl (C=O) groups excluding carboxylic acids is 1. The van der Waals surface area contributed by atoms with Crippen LogP contribution in [0.3, 0.4) is 0 Å². The molecule has 1 amide bonds. The molecule has 0 aliphatic carbocycles. The molecular formula is C14H11BrFNOS. The highest BCUT2D eigenvalue weighted by Gasteiger charge is 2.12. The van der Waals surface area contributed by atoms with E-state index in [-0.39, 0.29) is 11.7 Å². The summed E-state index contributed by atoms with van der Waals surface area (Å²) < 4.78 is 13.7. The van der Waals surface area contributed by atoms with Gasteiger partial charge in [0.2, 0.25) is 0 Å². The van der Waals surface area contributed by atoms with Crippen LogP contribution in [0.1, 0.15) is 15.9 Å². The van der Waals surface area contributed by atoms with Gasteiger partial charge in [0.05, 0.1) is 5.56 Å². The number of benzene rings is 2. The molecule has 0 saturated carbocycles. The van der Waals surface area contributed by atoms with Crippen LogP contribution >= 0.6 is 28.6 Å². The van der Waals surface area contributed by atoms with Gasteiger partial charge in [-0.1, -0.05) is 0 Å². The second-order valence-corrected chi connectivity index (χ2v) is 5.45. The minimum Gasteiger partial charge on any atom is -0.322 e. The Morgan fingerprint density at radius 3 is 2.68 bits per heavy atom. The fourth-order valence-electron chi connectivity index (χ4n) is 1.64. The Balaban J connectivity index is 2.28. The Morgan fingerprint density at radius 2 is 2.00 bits per heavy atom. The lowest BCUT2D eigenvalue weighted by Crippen LogP contribution is -2.13. The van der Waals surface area contributed by atoms with Gasteiger partial charge < -0.3 is 5.32 Å². The predicted octanol–water partition coefficient (Wildman–Crippen LogP) is 4.44. The van der Waals surface area contributed by atoms with E-state index in [1.807, 2.05) is 0 Å². The van der Waals surface area contributed by atoms with E-state index in [4.69, 9.17) is 0 Å². The van der Waals surface area contributed by atoms with Gasteiger partial charge >= 0.3 is 0 Å². The monoisotopic (exact) mass is 339 g/mol. The first-order chi connectivity index (χ1) is 8.97. The van der Waals surface area contributed by atoms with Crippen molar-refractivity contribution in [2.24, 2.45) is 0 Å². The summed E-state index contributed by atoms with van der Waals surface area (Å²) in [6, 6.07) is 9.44. The number of halogens is 2. The SMILES string of the molecule is Cc1cc(F)ccc1NC(=O)c1cc(S)ccc1Br. The summed E-state index contributed by atoms with van der Waals surface area (Å²) in [7, 11) is 0. The Kier molecular flexibility index (Phi) is 4.27. The van der Waals surface area contributed by atoms with Crippen molar-refractivity contribution < 1.29 is 9.18 Å². The first-order valence-corrected chi connectivity index (χ1v) is 6.77. The van der Waals surface area contributed by atoms with E-state index >= 15 is 0 Å². The maximum Gasteiger partial charge on any atom is 0.256 e. The zero-order chi connectivity index (χ0) is 14.0. The quantitative estimate of drug-likeness (QED) is 0.778. The van der Waals surface area contributed by atoms with Crippen LogP contribution in [0.4, 0.5) is 10.1 Å². The molecule has 5 heteroatoms. The van der Waals surface area contributed by atoms with Crippen LogP contribution in [0.15, 0.2) is 45.8 Å². The molecule has 0 heterocycles. The van der Waals surface area contributed by atoms with Crippen molar-refractivity contribution >= 4 is 40.2 Å². The number of anilines is 1. The van der Waals surface area contributed by atoms with Crippen molar-refractivity contribution in [2.75, 3.05) is 5.32 Å². The average molecular weight is 340 g/mol. The third-order valence-electron chi connectivity index (χ3n) is 2.63. The number of nitrogens with one attached hydrogen (secondary N) is 1. The van der Waals surface area contributed by atoms with Gasteiger partial charge in [0.15, 0.2) is 0 Å². The Labute approximate surface area is 124 Å². The summed E-state index contributed by atoms with van der Waals surface area (Å²) in [6.45, 7) is 1.74. The molecular weight excluding hydrogens is 329 g/mol. The maximum absolute atomic E-state index is 13.0. The minimum atomic E-state index is -0.325. The van der Waals surface area contributed by atoms with E-state index in [0.29, 0.717) is 26.2 Å². The highest BCUT2D eigenvalue weighted by Crippen LogP contribution is 2.23. The molecule has 0 bridgehead atoms. The largest absolute Gasteiger partial charge is 0.322 e. The van der Waals surface area contributed by atoms with E-state index in [1.54, 1.807) is 31.2 Å². The van der Waals surface area contributed by atoms with Gasteiger partial charge in [0.1, 0.15) is 5.82 Å². The second-order valence-electron chi connectivity index (χ2n) is 4.08. The lowest BCUT2D eigenvalue weighted by molar-refractivity contribution is 0.102. The summed E-state index contributed by atoms with van der Waals surface area (Å²) in [5, 5.41) is 2.75. The molecule has 0 fully saturated rings. The zero-order valence-electron chi connectivity index (χ0n) is 10.1. The fraction of sp³-hybridized carbons (Fsp3) is 0.0714. The van der Waals surface area contributed by atoms with Crippen LogP contribution in [0.25, 0.3) is 0 Å². The number of thiol groups is 1. The minimum absolute atomic E-state index is 0.266. The summed E-state index contributed by atoms with van der Waals surface area (Å²) in [6.07, 6.45) is 0. The molecule has 0 unspecified atom stereocenters. The molecule has 19 heavy (non-hydrogen) atoms. The molecule has 0 aliphatic heterocycles. The van der Waals surface area contributed by atoms with Crippen LogP contribution in [0, 0.1) is 12.7 Å². The zero-order valence-corrected chi connectivity index (χ0v) is 12.6. The third kappa shape index (κ3) is 3.36. The standard InChI is InChI=1S/C14H11BrFNOS/c1-8-6-9(16)2-5-13(8)17-14(18)11-7-10(19)3-4-12(11)15/h2-7,19H,1H3,(H,17,18). The van der Waals surface area contributed by atoms with Crippen molar-refractivity contribution in [3.63, 3.8) is 0 Å². The van der Waals surface area contributed by atoms with Crippen LogP contribution in [-0.2, 0) is 0 Å². The van der Waals surface area contributed by atoms with Gasteiger partial charge in [-0.05, 0) is 64.8 Å². The molecule has 0 aliphatic rings. The Bertz CT molecular complexity index is 645. The van der Waals surface area contributed by atoms with Crippen LogP contribution in [-0.4, -0.2) is 5.91 Å². The third-order valence-corrected chi connectivity index (χ3v) is 3.60. The maximum atomic E-state index is 13.0. The van der Waals surface area contributed by atoms with Crippen LogP contribution < -0.4 is 5.32 Å². The Morgan fingerprint density at radius 1 is 1.26 bits per heavy atom. The van der Waals surface area contributed by atoms with E-state index in [9.17, 15) is 9.18 Å². The van der Waals surface area contributed by atoms with Gasteiger partial charge in [0, 0.05) is 15.1 Å². The van der Waals surface area contributed by atoms with E-state index < -0.39 is 0 Å². The number of amides is 1. The molecule has 0 atom stereocenters. The van der Waals surface area contributed by atoms with Gasteiger partial charge in [-0.3, -0.25) is 4.79 Å². The lowest BCUT2D eigenvalue weighted by Gasteiger charge is -2.10. The first kappa shape index (κ1) is 14.1.